The molecule has 2 unspecified atom stereocenters. The van der Waals surface area contributed by atoms with E-state index >= 15 is 0 Å². The second kappa shape index (κ2) is 6.39. The molecule has 1 aromatic carbocycles. The first-order chi connectivity index (χ1) is 10.6. The average Bonchev–Trinajstić information content (AvgIpc) is 2.83. The van der Waals surface area contributed by atoms with E-state index in [9.17, 15) is 9.90 Å². The molecular formula is C18H26N2O2. The van der Waals surface area contributed by atoms with Crippen molar-refractivity contribution in [2.24, 2.45) is 0 Å². The molecule has 1 saturated heterocycles. The van der Waals surface area contributed by atoms with Gasteiger partial charge in [0.25, 0.3) is 0 Å². The van der Waals surface area contributed by atoms with E-state index in [0.29, 0.717) is 6.54 Å². The summed E-state index contributed by atoms with van der Waals surface area (Å²) >= 11 is 0. The number of hydrogen-bond donors (Lipinski definition) is 1. The van der Waals surface area contributed by atoms with Gasteiger partial charge in [-0.1, -0.05) is 18.6 Å². The molecule has 0 radical (unpaired) electrons. The molecule has 2 heterocycles. The SMILES string of the molecule is CC(=O)N1c2ccc(C(O)CN3CCCCC3)cc2CC1C. The van der Waals surface area contributed by atoms with Crippen LogP contribution in [-0.2, 0) is 11.2 Å². The van der Waals surface area contributed by atoms with Crippen LogP contribution in [0.4, 0.5) is 5.69 Å². The summed E-state index contributed by atoms with van der Waals surface area (Å²) in [6, 6.07) is 6.27. The molecular weight excluding hydrogens is 276 g/mol. The van der Waals surface area contributed by atoms with Crippen LogP contribution >= 0.6 is 0 Å². The minimum atomic E-state index is -0.440. The highest BCUT2D eigenvalue weighted by Crippen LogP contribution is 2.34. The van der Waals surface area contributed by atoms with E-state index in [4.69, 9.17) is 0 Å². The Morgan fingerprint density at radius 3 is 2.73 bits per heavy atom. The van der Waals surface area contributed by atoms with Crippen LogP contribution in [0.2, 0.25) is 0 Å². The van der Waals surface area contributed by atoms with Crippen molar-refractivity contribution in [3.05, 3.63) is 29.3 Å². The third-order valence-corrected chi connectivity index (χ3v) is 4.92. The Labute approximate surface area is 132 Å². The summed E-state index contributed by atoms with van der Waals surface area (Å²) in [5, 5.41) is 10.5. The summed E-state index contributed by atoms with van der Waals surface area (Å²) in [6.45, 7) is 6.59. The predicted octanol–water partition coefficient (Wildman–Crippen LogP) is 2.50. The van der Waals surface area contributed by atoms with E-state index in [1.165, 1.54) is 24.8 Å². The standard InChI is InChI=1S/C18H26N2O2/c1-13-10-16-11-15(6-7-17(16)20(13)14(2)21)18(22)12-19-8-4-3-5-9-19/h6-7,11,13,18,22H,3-5,8-10,12H2,1-2H3. The fourth-order valence-electron chi connectivity index (χ4n) is 3.83. The summed E-state index contributed by atoms with van der Waals surface area (Å²) in [5.74, 6) is 0.0906. The molecule has 1 N–H and O–H groups in total. The Hall–Kier alpha value is -1.39. The summed E-state index contributed by atoms with van der Waals surface area (Å²) in [7, 11) is 0. The maximum Gasteiger partial charge on any atom is 0.224 e. The highest BCUT2D eigenvalue weighted by atomic mass is 16.3. The Kier molecular flexibility index (Phi) is 4.50. The van der Waals surface area contributed by atoms with Gasteiger partial charge in [0.2, 0.25) is 5.91 Å². The lowest BCUT2D eigenvalue weighted by atomic mass is 10.0. The van der Waals surface area contributed by atoms with E-state index in [2.05, 4.69) is 17.9 Å². The number of anilines is 1. The third kappa shape index (κ3) is 3.03. The number of carbonyl (C=O) groups excluding carboxylic acids is 1. The van der Waals surface area contributed by atoms with Gasteiger partial charge in [-0.3, -0.25) is 4.79 Å². The first kappa shape index (κ1) is 15.5. The molecule has 22 heavy (non-hydrogen) atoms. The number of benzene rings is 1. The van der Waals surface area contributed by atoms with Crippen molar-refractivity contribution < 1.29 is 9.90 Å². The summed E-state index contributed by atoms with van der Waals surface area (Å²) < 4.78 is 0. The molecule has 0 aromatic heterocycles. The lowest BCUT2D eigenvalue weighted by Crippen LogP contribution is -2.33. The Morgan fingerprint density at radius 1 is 1.32 bits per heavy atom. The van der Waals surface area contributed by atoms with Crippen LogP contribution in [0.3, 0.4) is 0 Å². The second-order valence-electron chi connectivity index (χ2n) is 6.71. The molecule has 4 heteroatoms. The second-order valence-corrected chi connectivity index (χ2v) is 6.71. The van der Waals surface area contributed by atoms with Gasteiger partial charge in [0.1, 0.15) is 0 Å². The average molecular weight is 302 g/mol. The van der Waals surface area contributed by atoms with Crippen LogP contribution in [0.25, 0.3) is 0 Å². The zero-order valence-corrected chi connectivity index (χ0v) is 13.6. The van der Waals surface area contributed by atoms with Crippen LogP contribution < -0.4 is 4.90 Å². The van der Waals surface area contributed by atoms with Crippen molar-refractivity contribution in [1.82, 2.24) is 4.90 Å². The lowest BCUT2D eigenvalue weighted by molar-refractivity contribution is -0.116. The van der Waals surface area contributed by atoms with Crippen molar-refractivity contribution in [3.8, 4) is 0 Å². The van der Waals surface area contributed by atoms with E-state index < -0.39 is 6.10 Å². The first-order valence-electron chi connectivity index (χ1n) is 8.39. The van der Waals surface area contributed by atoms with Gasteiger partial charge in [-0.05, 0) is 56.5 Å². The van der Waals surface area contributed by atoms with Crippen molar-refractivity contribution in [1.29, 1.82) is 0 Å². The normalized spacial score (nSPS) is 23.4. The number of carbonyl (C=O) groups is 1. The molecule has 0 aliphatic carbocycles. The number of fused-ring (bicyclic) bond motifs is 1. The number of aliphatic hydroxyl groups excluding tert-OH is 1. The van der Waals surface area contributed by atoms with Gasteiger partial charge >= 0.3 is 0 Å². The molecule has 2 atom stereocenters. The zero-order chi connectivity index (χ0) is 15.7. The highest BCUT2D eigenvalue weighted by molar-refractivity contribution is 5.94. The number of aliphatic hydroxyl groups is 1. The molecule has 120 valence electrons. The van der Waals surface area contributed by atoms with Gasteiger partial charge in [0.05, 0.1) is 6.10 Å². The summed E-state index contributed by atoms with van der Waals surface area (Å²) in [6.07, 6.45) is 4.22. The van der Waals surface area contributed by atoms with Gasteiger partial charge in [0.15, 0.2) is 0 Å². The highest BCUT2D eigenvalue weighted by Gasteiger charge is 2.29. The summed E-state index contributed by atoms with van der Waals surface area (Å²) in [5.41, 5.74) is 3.16. The van der Waals surface area contributed by atoms with Crippen LogP contribution in [0.1, 0.15) is 50.3 Å². The number of rotatable bonds is 3. The number of amides is 1. The Bertz CT molecular complexity index is 552. The first-order valence-corrected chi connectivity index (χ1v) is 8.39. The minimum Gasteiger partial charge on any atom is -0.387 e. The minimum absolute atomic E-state index is 0.0906. The molecule has 1 amide bonds. The van der Waals surface area contributed by atoms with Crippen LogP contribution in [-0.4, -0.2) is 41.6 Å². The molecule has 2 aliphatic rings. The maximum atomic E-state index is 11.8. The molecule has 4 nitrogen and oxygen atoms in total. The van der Waals surface area contributed by atoms with Gasteiger partial charge in [-0.2, -0.15) is 0 Å². The fraction of sp³-hybridized carbons (Fsp3) is 0.611. The van der Waals surface area contributed by atoms with Crippen LogP contribution in [0, 0.1) is 0 Å². The topological polar surface area (TPSA) is 43.8 Å². The van der Waals surface area contributed by atoms with Gasteiger partial charge in [-0.25, -0.2) is 0 Å². The molecule has 0 spiro atoms. The molecule has 2 aliphatic heterocycles. The molecule has 0 bridgehead atoms. The van der Waals surface area contributed by atoms with Crippen molar-refractivity contribution >= 4 is 11.6 Å². The Balaban J connectivity index is 1.73. The van der Waals surface area contributed by atoms with E-state index in [-0.39, 0.29) is 11.9 Å². The maximum absolute atomic E-state index is 11.8. The lowest BCUT2D eigenvalue weighted by Gasteiger charge is -2.28. The van der Waals surface area contributed by atoms with Crippen LogP contribution in [0.15, 0.2) is 18.2 Å². The third-order valence-electron chi connectivity index (χ3n) is 4.92. The quantitative estimate of drug-likeness (QED) is 0.933. The molecule has 3 rings (SSSR count). The fourth-order valence-corrected chi connectivity index (χ4v) is 3.83. The van der Waals surface area contributed by atoms with Gasteiger partial charge in [0, 0.05) is 25.2 Å². The number of β-amino-alcohol motifs (C(OH)–C–C–N with tert-alkyl or cyclic N) is 1. The number of hydrogen-bond acceptors (Lipinski definition) is 3. The van der Waals surface area contributed by atoms with E-state index in [0.717, 1.165) is 30.8 Å². The number of nitrogens with zero attached hydrogens (tertiary/aromatic N) is 2. The van der Waals surface area contributed by atoms with Crippen molar-refractivity contribution in [3.63, 3.8) is 0 Å². The van der Waals surface area contributed by atoms with E-state index in [1.54, 1.807) is 6.92 Å². The summed E-state index contributed by atoms with van der Waals surface area (Å²) in [4.78, 5) is 16.0. The smallest absolute Gasteiger partial charge is 0.224 e. The number of likely N-dealkylation sites (tertiary alicyclic amines) is 1. The van der Waals surface area contributed by atoms with Gasteiger partial charge < -0.3 is 14.9 Å². The zero-order valence-electron chi connectivity index (χ0n) is 13.6. The van der Waals surface area contributed by atoms with Crippen LogP contribution in [0.5, 0.6) is 0 Å². The van der Waals surface area contributed by atoms with E-state index in [1.807, 2.05) is 17.0 Å². The Morgan fingerprint density at radius 2 is 2.05 bits per heavy atom. The largest absolute Gasteiger partial charge is 0.387 e. The molecule has 1 aromatic rings. The molecule has 1 fully saturated rings. The number of piperidine rings is 1. The van der Waals surface area contributed by atoms with Crippen molar-refractivity contribution in [2.45, 2.75) is 51.7 Å². The monoisotopic (exact) mass is 302 g/mol. The predicted molar refractivity (Wildman–Crippen MR) is 88.0 cm³/mol. The van der Waals surface area contributed by atoms with Crippen molar-refractivity contribution in [2.75, 3.05) is 24.5 Å². The molecule has 0 saturated carbocycles. The van der Waals surface area contributed by atoms with Gasteiger partial charge in [-0.15, -0.1) is 0 Å².